The van der Waals surface area contributed by atoms with Crippen LogP contribution in [0.3, 0.4) is 0 Å². The lowest BCUT2D eigenvalue weighted by atomic mass is 10.1. The summed E-state index contributed by atoms with van der Waals surface area (Å²) in [5.74, 6) is -1.87. The summed E-state index contributed by atoms with van der Waals surface area (Å²) < 4.78 is 57.0. The van der Waals surface area contributed by atoms with E-state index in [0.29, 0.717) is 10.9 Å². The first-order chi connectivity index (χ1) is 13.7. The number of anilines is 3. The molecule has 0 saturated heterocycles. The van der Waals surface area contributed by atoms with Crippen molar-refractivity contribution in [3.63, 3.8) is 0 Å². The molecule has 6 nitrogen and oxygen atoms in total. The average Bonchev–Trinajstić information content (AvgIpc) is 2.67. The Balaban J connectivity index is 2.05. The molecule has 0 radical (unpaired) electrons. The van der Waals surface area contributed by atoms with Crippen LogP contribution in [0.5, 0.6) is 5.75 Å². The molecule has 0 unspecified atom stereocenters. The first-order valence-electron chi connectivity index (χ1n) is 8.12. The Morgan fingerprint density at radius 1 is 1.17 bits per heavy atom. The minimum Gasteiger partial charge on any atom is -0.494 e. The summed E-state index contributed by atoms with van der Waals surface area (Å²) in [6.07, 6.45) is -3.27. The quantitative estimate of drug-likeness (QED) is 0.469. The number of amides is 1. The van der Waals surface area contributed by atoms with Gasteiger partial charge in [-0.2, -0.15) is 13.2 Å². The van der Waals surface area contributed by atoms with Gasteiger partial charge in [0.25, 0.3) is 5.91 Å². The molecule has 0 aliphatic carbocycles. The van der Waals surface area contributed by atoms with Gasteiger partial charge in [-0.3, -0.25) is 4.79 Å². The monoisotopic (exact) mass is 406 g/mol. The van der Waals surface area contributed by atoms with Crippen LogP contribution in [0.2, 0.25) is 0 Å². The number of carbonyl (C=O) groups excluding carboxylic acids is 1. The number of methoxy groups -OCH3 is 1. The maximum absolute atomic E-state index is 13.1. The van der Waals surface area contributed by atoms with Crippen molar-refractivity contribution in [2.75, 3.05) is 17.7 Å². The molecule has 0 saturated carbocycles. The molecule has 0 aliphatic rings. The molecule has 0 bridgehead atoms. The SMILES string of the molecule is C=C(F)C(=O)Nc1cc2c(Nc3cccc(C(F)(F)F)c3)ncnc2cc1OC. The van der Waals surface area contributed by atoms with Gasteiger partial charge in [-0.25, -0.2) is 14.4 Å². The number of rotatable bonds is 5. The lowest BCUT2D eigenvalue weighted by Crippen LogP contribution is -2.12. The number of nitrogens with zero attached hydrogens (tertiary/aromatic N) is 2. The molecule has 10 heteroatoms. The molecule has 0 fully saturated rings. The van der Waals surface area contributed by atoms with E-state index in [2.05, 4.69) is 27.2 Å². The number of hydrogen-bond acceptors (Lipinski definition) is 5. The van der Waals surface area contributed by atoms with E-state index in [-0.39, 0.29) is 22.9 Å². The molecule has 29 heavy (non-hydrogen) atoms. The van der Waals surface area contributed by atoms with E-state index < -0.39 is 23.5 Å². The van der Waals surface area contributed by atoms with Gasteiger partial charge in [0.2, 0.25) is 0 Å². The van der Waals surface area contributed by atoms with Crippen LogP contribution in [0.4, 0.5) is 34.8 Å². The van der Waals surface area contributed by atoms with Crippen molar-refractivity contribution >= 4 is 34.0 Å². The Morgan fingerprint density at radius 3 is 2.59 bits per heavy atom. The van der Waals surface area contributed by atoms with Gasteiger partial charge < -0.3 is 15.4 Å². The Labute approximate surface area is 162 Å². The van der Waals surface area contributed by atoms with Gasteiger partial charge in [-0.05, 0) is 24.3 Å². The van der Waals surface area contributed by atoms with Crippen LogP contribution in [0.15, 0.2) is 55.1 Å². The molecule has 1 aromatic heterocycles. The van der Waals surface area contributed by atoms with Crippen LogP contribution in [0.25, 0.3) is 10.9 Å². The van der Waals surface area contributed by atoms with Crippen molar-refractivity contribution in [2.24, 2.45) is 0 Å². The van der Waals surface area contributed by atoms with E-state index in [1.54, 1.807) is 0 Å². The van der Waals surface area contributed by atoms with E-state index in [9.17, 15) is 22.4 Å². The smallest absolute Gasteiger partial charge is 0.416 e. The van der Waals surface area contributed by atoms with Crippen molar-refractivity contribution in [3.8, 4) is 5.75 Å². The molecular formula is C19H14F4N4O2. The fourth-order valence-electron chi connectivity index (χ4n) is 2.55. The van der Waals surface area contributed by atoms with E-state index in [4.69, 9.17) is 4.74 Å². The highest BCUT2D eigenvalue weighted by molar-refractivity contribution is 6.05. The molecule has 3 aromatic rings. The molecule has 150 valence electrons. The number of hydrogen-bond donors (Lipinski definition) is 2. The Kier molecular flexibility index (Phi) is 5.35. The van der Waals surface area contributed by atoms with E-state index in [1.807, 2.05) is 0 Å². The molecule has 1 amide bonds. The molecule has 2 N–H and O–H groups in total. The normalized spacial score (nSPS) is 11.2. The fraction of sp³-hybridized carbons (Fsp3) is 0.105. The van der Waals surface area contributed by atoms with Crippen molar-refractivity contribution in [2.45, 2.75) is 6.18 Å². The van der Waals surface area contributed by atoms with Crippen molar-refractivity contribution in [1.82, 2.24) is 9.97 Å². The minimum atomic E-state index is -4.50. The van der Waals surface area contributed by atoms with E-state index in [0.717, 1.165) is 12.1 Å². The zero-order valence-corrected chi connectivity index (χ0v) is 15.0. The van der Waals surface area contributed by atoms with Crippen molar-refractivity contribution in [3.05, 3.63) is 60.7 Å². The van der Waals surface area contributed by atoms with Crippen LogP contribution in [0, 0.1) is 0 Å². The van der Waals surface area contributed by atoms with Crippen LogP contribution >= 0.6 is 0 Å². The molecule has 0 spiro atoms. The standard InChI is InChI=1S/C19H14F4N4O2/c1-10(20)18(28)27-15-7-13-14(8-16(15)29-2)24-9-25-17(13)26-12-5-3-4-11(6-12)19(21,22)23/h3-9H,1H2,2H3,(H,27,28)(H,24,25,26). The largest absolute Gasteiger partial charge is 0.494 e. The Hall–Kier alpha value is -3.69. The third-order valence-corrected chi connectivity index (χ3v) is 3.90. The zero-order chi connectivity index (χ0) is 21.2. The van der Waals surface area contributed by atoms with Crippen LogP contribution in [0.1, 0.15) is 5.56 Å². The third kappa shape index (κ3) is 4.42. The van der Waals surface area contributed by atoms with E-state index >= 15 is 0 Å². The van der Waals surface area contributed by atoms with Crippen molar-refractivity contribution in [1.29, 1.82) is 0 Å². The highest BCUT2D eigenvalue weighted by Crippen LogP contribution is 2.35. The summed E-state index contributed by atoms with van der Waals surface area (Å²) >= 11 is 0. The topological polar surface area (TPSA) is 76.1 Å². The summed E-state index contributed by atoms with van der Waals surface area (Å²) in [6, 6.07) is 7.49. The average molecular weight is 406 g/mol. The summed E-state index contributed by atoms with van der Waals surface area (Å²) in [5, 5.41) is 5.47. The van der Waals surface area contributed by atoms with Gasteiger partial charge in [0.05, 0.1) is 23.9 Å². The lowest BCUT2D eigenvalue weighted by molar-refractivity contribution is -0.137. The van der Waals surface area contributed by atoms with Crippen LogP contribution in [-0.2, 0) is 11.0 Å². The predicted molar refractivity (Wildman–Crippen MR) is 99.7 cm³/mol. The first-order valence-corrected chi connectivity index (χ1v) is 8.12. The Bertz CT molecular complexity index is 1100. The number of carbonyl (C=O) groups is 1. The van der Waals surface area contributed by atoms with Crippen molar-refractivity contribution < 1.29 is 27.1 Å². The summed E-state index contributed by atoms with van der Waals surface area (Å²) in [7, 11) is 1.35. The van der Waals surface area contributed by atoms with E-state index in [1.165, 1.54) is 37.7 Å². The van der Waals surface area contributed by atoms with Gasteiger partial charge >= 0.3 is 6.18 Å². The van der Waals surface area contributed by atoms with Gasteiger partial charge in [0, 0.05) is 17.1 Å². The fourth-order valence-corrected chi connectivity index (χ4v) is 2.55. The Morgan fingerprint density at radius 2 is 1.93 bits per heavy atom. The number of aromatic nitrogens is 2. The molecule has 3 rings (SSSR count). The van der Waals surface area contributed by atoms with Gasteiger partial charge in [0.15, 0.2) is 5.83 Å². The zero-order valence-electron chi connectivity index (χ0n) is 15.0. The number of nitrogens with one attached hydrogen (secondary N) is 2. The molecule has 0 atom stereocenters. The highest BCUT2D eigenvalue weighted by atomic mass is 19.4. The molecule has 0 aliphatic heterocycles. The predicted octanol–water partition coefficient (Wildman–Crippen LogP) is 4.82. The first kappa shape index (κ1) is 20.1. The van der Waals surface area contributed by atoms with Gasteiger partial charge in [-0.1, -0.05) is 12.6 Å². The van der Waals surface area contributed by atoms with Crippen LogP contribution < -0.4 is 15.4 Å². The third-order valence-electron chi connectivity index (χ3n) is 3.90. The number of benzene rings is 2. The highest BCUT2D eigenvalue weighted by Gasteiger charge is 2.30. The number of alkyl halides is 3. The summed E-state index contributed by atoms with van der Waals surface area (Å²) in [6.45, 7) is 2.92. The number of fused-ring (bicyclic) bond motifs is 1. The second kappa shape index (κ2) is 7.74. The number of ether oxygens (including phenoxy) is 1. The van der Waals surface area contributed by atoms with Crippen LogP contribution in [-0.4, -0.2) is 23.0 Å². The lowest BCUT2D eigenvalue weighted by Gasteiger charge is -2.14. The second-order valence-corrected chi connectivity index (χ2v) is 5.85. The maximum Gasteiger partial charge on any atom is 0.416 e. The second-order valence-electron chi connectivity index (χ2n) is 5.85. The minimum absolute atomic E-state index is 0.116. The molecular weight excluding hydrogens is 392 g/mol. The molecule has 2 aromatic carbocycles. The molecule has 1 heterocycles. The van der Waals surface area contributed by atoms with Gasteiger partial charge in [-0.15, -0.1) is 0 Å². The van der Waals surface area contributed by atoms with Gasteiger partial charge in [0.1, 0.15) is 17.9 Å². The summed E-state index contributed by atoms with van der Waals surface area (Å²) in [5.41, 5.74) is -0.163. The maximum atomic E-state index is 13.1. The number of halogens is 4. The summed E-state index contributed by atoms with van der Waals surface area (Å²) in [4.78, 5) is 19.8.